The molecule has 0 aliphatic rings. The number of furan rings is 1. The van der Waals surface area contributed by atoms with Gasteiger partial charge in [-0.1, -0.05) is 12.1 Å². The third-order valence-corrected chi connectivity index (χ3v) is 6.10. The third-order valence-electron chi connectivity index (χ3n) is 3.80. The van der Waals surface area contributed by atoms with Gasteiger partial charge >= 0.3 is 5.97 Å². The molecule has 26 heavy (non-hydrogen) atoms. The van der Waals surface area contributed by atoms with Gasteiger partial charge in [-0.3, -0.25) is 4.72 Å². The number of ether oxygens (including phenoxy) is 1. The topological polar surface area (TPSA) is 85.6 Å². The zero-order chi connectivity index (χ0) is 18.9. The van der Waals surface area contributed by atoms with Crippen molar-refractivity contribution in [3.8, 4) is 0 Å². The lowest BCUT2D eigenvalue weighted by Gasteiger charge is -2.09. The SMILES string of the molecule is CCOC(=O)c1oc2ccc(S(=O)(=O)Nc3ccccc3I)cc2c1C. The van der Waals surface area contributed by atoms with Crippen molar-refractivity contribution in [2.45, 2.75) is 18.7 Å². The molecule has 0 fully saturated rings. The molecule has 2 aromatic carbocycles. The van der Waals surface area contributed by atoms with Gasteiger partial charge in [0.2, 0.25) is 5.76 Å². The number of benzene rings is 2. The molecule has 0 radical (unpaired) electrons. The van der Waals surface area contributed by atoms with Crippen LogP contribution in [0.4, 0.5) is 5.69 Å². The largest absolute Gasteiger partial charge is 0.460 e. The molecule has 6 nitrogen and oxygen atoms in total. The number of carbonyl (C=O) groups excluding carboxylic acids is 1. The summed E-state index contributed by atoms with van der Waals surface area (Å²) in [7, 11) is -3.78. The molecule has 0 saturated heterocycles. The number of fused-ring (bicyclic) bond motifs is 1. The number of sulfonamides is 1. The van der Waals surface area contributed by atoms with E-state index in [0.29, 0.717) is 22.2 Å². The molecule has 1 N–H and O–H groups in total. The van der Waals surface area contributed by atoms with E-state index in [1.807, 2.05) is 12.1 Å². The first-order valence-corrected chi connectivity index (χ1v) is 10.4. The van der Waals surface area contributed by atoms with Crippen LogP contribution in [0.3, 0.4) is 0 Å². The lowest BCUT2D eigenvalue weighted by Crippen LogP contribution is -2.13. The molecule has 0 spiro atoms. The van der Waals surface area contributed by atoms with Crippen molar-refractivity contribution in [1.29, 1.82) is 0 Å². The Morgan fingerprint density at radius 3 is 2.65 bits per heavy atom. The van der Waals surface area contributed by atoms with Crippen LogP contribution in [0.1, 0.15) is 23.0 Å². The van der Waals surface area contributed by atoms with Gasteiger partial charge in [0.15, 0.2) is 0 Å². The molecule has 3 rings (SSSR count). The zero-order valence-corrected chi connectivity index (χ0v) is 17.1. The van der Waals surface area contributed by atoms with E-state index in [9.17, 15) is 13.2 Å². The predicted molar refractivity (Wildman–Crippen MR) is 107 cm³/mol. The molecule has 0 saturated carbocycles. The van der Waals surface area contributed by atoms with Crippen LogP contribution in [-0.2, 0) is 14.8 Å². The lowest BCUT2D eigenvalue weighted by molar-refractivity contribution is 0.0491. The monoisotopic (exact) mass is 485 g/mol. The summed E-state index contributed by atoms with van der Waals surface area (Å²) < 4.78 is 39.3. The van der Waals surface area contributed by atoms with Crippen molar-refractivity contribution in [2.24, 2.45) is 0 Å². The molecule has 0 bridgehead atoms. The number of nitrogens with one attached hydrogen (secondary N) is 1. The molecule has 0 atom stereocenters. The molecule has 0 amide bonds. The molecule has 136 valence electrons. The van der Waals surface area contributed by atoms with Crippen LogP contribution >= 0.6 is 22.6 Å². The maximum Gasteiger partial charge on any atom is 0.374 e. The zero-order valence-electron chi connectivity index (χ0n) is 14.1. The Kier molecular flexibility index (Phi) is 5.24. The van der Waals surface area contributed by atoms with Gasteiger partial charge in [0.05, 0.1) is 17.2 Å². The Morgan fingerprint density at radius 1 is 1.23 bits per heavy atom. The molecular weight excluding hydrogens is 469 g/mol. The number of hydrogen-bond donors (Lipinski definition) is 1. The number of aryl methyl sites for hydroxylation is 1. The molecule has 1 aromatic heterocycles. The van der Waals surface area contributed by atoms with Gasteiger partial charge in [-0.15, -0.1) is 0 Å². The van der Waals surface area contributed by atoms with E-state index in [2.05, 4.69) is 27.3 Å². The number of carbonyl (C=O) groups is 1. The highest BCUT2D eigenvalue weighted by molar-refractivity contribution is 14.1. The van der Waals surface area contributed by atoms with Crippen LogP contribution in [0.25, 0.3) is 11.0 Å². The number of halogens is 1. The Bertz CT molecular complexity index is 1090. The maximum atomic E-state index is 12.7. The second kappa shape index (κ2) is 7.28. The Labute approximate surface area is 164 Å². The van der Waals surface area contributed by atoms with Crippen molar-refractivity contribution < 1.29 is 22.4 Å². The van der Waals surface area contributed by atoms with Crippen molar-refractivity contribution in [2.75, 3.05) is 11.3 Å². The number of esters is 1. The summed E-state index contributed by atoms with van der Waals surface area (Å²) in [5.41, 5.74) is 1.48. The van der Waals surface area contributed by atoms with E-state index < -0.39 is 16.0 Å². The van der Waals surface area contributed by atoms with Crippen LogP contribution in [0.5, 0.6) is 0 Å². The second-order valence-electron chi connectivity index (χ2n) is 5.52. The first-order valence-electron chi connectivity index (χ1n) is 7.81. The second-order valence-corrected chi connectivity index (χ2v) is 8.36. The molecular formula is C18H16INO5S. The highest BCUT2D eigenvalue weighted by Crippen LogP contribution is 2.29. The van der Waals surface area contributed by atoms with Crippen molar-refractivity contribution in [1.82, 2.24) is 0 Å². The summed E-state index contributed by atoms with van der Waals surface area (Å²) in [5, 5.41) is 0.554. The van der Waals surface area contributed by atoms with Crippen LogP contribution < -0.4 is 4.72 Å². The van der Waals surface area contributed by atoms with E-state index in [0.717, 1.165) is 3.57 Å². The highest BCUT2D eigenvalue weighted by Gasteiger charge is 2.22. The van der Waals surface area contributed by atoms with Gasteiger partial charge < -0.3 is 9.15 Å². The van der Waals surface area contributed by atoms with Crippen LogP contribution in [-0.4, -0.2) is 21.0 Å². The molecule has 8 heteroatoms. The van der Waals surface area contributed by atoms with E-state index >= 15 is 0 Å². The average Bonchev–Trinajstić information content (AvgIpc) is 2.93. The van der Waals surface area contributed by atoms with Crippen molar-refractivity contribution >= 4 is 55.2 Å². The summed E-state index contributed by atoms with van der Waals surface area (Å²) in [6, 6.07) is 11.6. The van der Waals surface area contributed by atoms with Crippen LogP contribution in [0.15, 0.2) is 51.8 Å². The molecule has 0 aliphatic carbocycles. The summed E-state index contributed by atoms with van der Waals surface area (Å²) in [4.78, 5) is 12.0. The third kappa shape index (κ3) is 3.56. The highest BCUT2D eigenvalue weighted by atomic mass is 127. The van der Waals surface area contributed by atoms with Crippen molar-refractivity contribution in [3.63, 3.8) is 0 Å². The Morgan fingerprint density at radius 2 is 1.96 bits per heavy atom. The standard InChI is InChI=1S/C18H16INO5S/c1-3-24-18(21)17-11(2)13-10-12(8-9-16(13)25-17)26(22,23)20-15-7-5-4-6-14(15)19/h4-10,20H,3H2,1-2H3. The van der Waals surface area contributed by atoms with E-state index in [1.54, 1.807) is 26.0 Å². The summed E-state index contributed by atoms with van der Waals surface area (Å²) in [6.45, 7) is 3.63. The first kappa shape index (κ1) is 18.7. The lowest BCUT2D eigenvalue weighted by atomic mass is 10.1. The van der Waals surface area contributed by atoms with Gasteiger partial charge in [-0.05, 0) is 66.8 Å². The van der Waals surface area contributed by atoms with Gasteiger partial charge in [0.25, 0.3) is 10.0 Å². The Balaban J connectivity index is 2.02. The maximum absolute atomic E-state index is 12.7. The minimum absolute atomic E-state index is 0.0852. The molecule has 3 aromatic rings. The summed E-state index contributed by atoms with van der Waals surface area (Å²) in [5.74, 6) is -0.482. The van der Waals surface area contributed by atoms with E-state index in [1.165, 1.54) is 18.2 Å². The van der Waals surface area contributed by atoms with Gasteiger partial charge in [-0.25, -0.2) is 13.2 Å². The smallest absolute Gasteiger partial charge is 0.374 e. The minimum Gasteiger partial charge on any atom is -0.460 e. The summed E-state index contributed by atoms with van der Waals surface area (Å²) in [6.07, 6.45) is 0. The van der Waals surface area contributed by atoms with E-state index in [4.69, 9.17) is 9.15 Å². The molecule has 0 aliphatic heterocycles. The quantitative estimate of drug-likeness (QED) is 0.430. The van der Waals surface area contributed by atoms with Gasteiger partial charge in [0, 0.05) is 14.5 Å². The van der Waals surface area contributed by atoms with Gasteiger partial charge in [-0.2, -0.15) is 0 Å². The predicted octanol–water partition coefficient (Wildman–Crippen LogP) is 4.32. The van der Waals surface area contributed by atoms with Crippen molar-refractivity contribution in [3.05, 3.63) is 57.4 Å². The van der Waals surface area contributed by atoms with Gasteiger partial charge in [0.1, 0.15) is 5.58 Å². The minimum atomic E-state index is -3.78. The molecule has 1 heterocycles. The number of hydrogen-bond acceptors (Lipinski definition) is 5. The average molecular weight is 485 g/mol. The number of rotatable bonds is 5. The van der Waals surface area contributed by atoms with E-state index in [-0.39, 0.29) is 17.3 Å². The number of anilines is 1. The number of para-hydroxylation sites is 1. The first-order chi connectivity index (χ1) is 12.3. The normalized spacial score (nSPS) is 11.5. The fourth-order valence-corrected chi connectivity index (χ4v) is 4.32. The summed E-state index contributed by atoms with van der Waals surface area (Å²) >= 11 is 2.06. The fourth-order valence-electron chi connectivity index (χ4n) is 2.51. The van der Waals surface area contributed by atoms with Crippen LogP contribution in [0, 0.1) is 10.5 Å². The molecule has 0 unspecified atom stereocenters. The van der Waals surface area contributed by atoms with Crippen LogP contribution in [0.2, 0.25) is 0 Å². The fraction of sp³-hybridized carbons (Fsp3) is 0.167. The Hall–Kier alpha value is -2.07.